The van der Waals surface area contributed by atoms with Gasteiger partial charge in [0.15, 0.2) is 0 Å². The van der Waals surface area contributed by atoms with Crippen molar-refractivity contribution in [2.24, 2.45) is 5.92 Å². The molecule has 20 heavy (non-hydrogen) atoms. The molecule has 1 saturated carbocycles. The molecule has 0 bridgehead atoms. The Hall–Kier alpha value is -0.940. The third-order valence-corrected chi connectivity index (χ3v) is 5.92. The molecular weight excluding hydrogens is 272 g/mol. The number of rotatable bonds is 4. The second-order valence-corrected chi connectivity index (χ2v) is 8.17. The first-order chi connectivity index (χ1) is 9.41. The topological polar surface area (TPSA) is 59.1 Å². The molecule has 3 atom stereocenters. The van der Waals surface area contributed by atoms with Crippen LogP contribution < -0.4 is 5.32 Å². The van der Waals surface area contributed by atoms with Crippen molar-refractivity contribution in [1.29, 1.82) is 0 Å². The van der Waals surface area contributed by atoms with Crippen LogP contribution in [0.3, 0.4) is 0 Å². The first-order valence-corrected chi connectivity index (χ1v) is 9.17. The molecular formula is C15H24N2O2S. The van der Waals surface area contributed by atoms with Crippen LogP contribution in [-0.4, -0.2) is 32.0 Å². The standard InChI is InChI=1S/C15H24N2O2S/c1-11-6-4-9-14(17-11)15(16-2)12-7-5-8-13(10-12)20(3,18)19/h4,6,9,12-13,15-16H,5,7-8,10H2,1-3H3. The number of hydrogen-bond acceptors (Lipinski definition) is 4. The molecule has 1 fully saturated rings. The van der Waals surface area contributed by atoms with Crippen LogP contribution in [0.4, 0.5) is 0 Å². The molecule has 112 valence electrons. The zero-order chi connectivity index (χ0) is 14.8. The van der Waals surface area contributed by atoms with Crippen molar-refractivity contribution < 1.29 is 8.42 Å². The quantitative estimate of drug-likeness (QED) is 0.926. The Kier molecular flexibility index (Phi) is 4.81. The molecule has 0 radical (unpaired) electrons. The van der Waals surface area contributed by atoms with Crippen molar-refractivity contribution in [2.75, 3.05) is 13.3 Å². The van der Waals surface area contributed by atoms with Gasteiger partial charge in [-0.05, 0) is 51.3 Å². The summed E-state index contributed by atoms with van der Waals surface area (Å²) in [4.78, 5) is 4.59. The first-order valence-electron chi connectivity index (χ1n) is 7.21. The first kappa shape index (κ1) is 15.4. The highest BCUT2D eigenvalue weighted by molar-refractivity contribution is 7.91. The molecule has 1 aromatic rings. The fourth-order valence-electron chi connectivity index (χ4n) is 3.24. The summed E-state index contributed by atoms with van der Waals surface area (Å²) in [5.41, 5.74) is 2.02. The molecule has 1 aliphatic carbocycles. The van der Waals surface area contributed by atoms with Crippen LogP contribution in [0.2, 0.25) is 0 Å². The van der Waals surface area contributed by atoms with Gasteiger partial charge in [-0.15, -0.1) is 0 Å². The Morgan fingerprint density at radius 3 is 2.70 bits per heavy atom. The lowest BCUT2D eigenvalue weighted by Gasteiger charge is -2.33. The minimum absolute atomic E-state index is 0.138. The molecule has 1 heterocycles. The molecule has 1 N–H and O–H groups in total. The van der Waals surface area contributed by atoms with Gasteiger partial charge in [0.1, 0.15) is 9.84 Å². The molecule has 0 aromatic carbocycles. The second-order valence-electron chi connectivity index (χ2n) is 5.85. The third kappa shape index (κ3) is 3.58. The Bertz CT molecular complexity index is 557. The van der Waals surface area contributed by atoms with E-state index in [9.17, 15) is 8.42 Å². The van der Waals surface area contributed by atoms with E-state index in [2.05, 4.69) is 10.3 Å². The van der Waals surface area contributed by atoms with E-state index in [0.717, 1.165) is 37.1 Å². The van der Waals surface area contributed by atoms with Crippen molar-refractivity contribution in [3.63, 3.8) is 0 Å². The van der Waals surface area contributed by atoms with Crippen LogP contribution in [0, 0.1) is 12.8 Å². The predicted molar refractivity (Wildman–Crippen MR) is 81.4 cm³/mol. The van der Waals surface area contributed by atoms with Crippen molar-refractivity contribution in [1.82, 2.24) is 10.3 Å². The van der Waals surface area contributed by atoms with E-state index in [-0.39, 0.29) is 11.3 Å². The van der Waals surface area contributed by atoms with Crippen LogP contribution in [0.15, 0.2) is 18.2 Å². The summed E-state index contributed by atoms with van der Waals surface area (Å²) in [7, 11) is -1.01. The zero-order valence-corrected chi connectivity index (χ0v) is 13.3. The van der Waals surface area contributed by atoms with Crippen molar-refractivity contribution in [3.05, 3.63) is 29.6 Å². The Morgan fingerprint density at radius 1 is 1.35 bits per heavy atom. The van der Waals surface area contributed by atoms with Crippen LogP contribution >= 0.6 is 0 Å². The summed E-state index contributed by atoms with van der Waals surface area (Å²) in [5.74, 6) is 0.336. The van der Waals surface area contributed by atoms with E-state index in [1.54, 1.807) is 0 Å². The average molecular weight is 296 g/mol. The van der Waals surface area contributed by atoms with Gasteiger partial charge in [-0.3, -0.25) is 4.98 Å². The minimum atomic E-state index is -2.94. The molecule has 4 nitrogen and oxygen atoms in total. The van der Waals surface area contributed by atoms with Gasteiger partial charge in [-0.2, -0.15) is 0 Å². The van der Waals surface area contributed by atoms with E-state index < -0.39 is 9.84 Å². The van der Waals surface area contributed by atoms with Gasteiger partial charge in [0.25, 0.3) is 0 Å². The van der Waals surface area contributed by atoms with Gasteiger partial charge in [-0.25, -0.2) is 8.42 Å². The summed E-state index contributed by atoms with van der Waals surface area (Å²) < 4.78 is 23.6. The number of nitrogens with one attached hydrogen (secondary N) is 1. The van der Waals surface area contributed by atoms with Gasteiger partial charge in [-0.1, -0.05) is 12.5 Å². The van der Waals surface area contributed by atoms with E-state index in [4.69, 9.17) is 0 Å². The second kappa shape index (κ2) is 6.22. The lowest BCUT2D eigenvalue weighted by Crippen LogP contribution is -2.34. The van der Waals surface area contributed by atoms with Crippen molar-refractivity contribution >= 4 is 9.84 Å². The molecule has 5 heteroatoms. The summed E-state index contributed by atoms with van der Waals surface area (Å²) in [6, 6.07) is 6.16. The largest absolute Gasteiger partial charge is 0.311 e. The smallest absolute Gasteiger partial charge is 0.150 e. The summed E-state index contributed by atoms with van der Waals surface area (Å²) in [6.07, 6.45) is 4.94. The number of aryl methyl sites for hydroxylation is 1. The fourth-order valence-corrected chi connectivity index (χ4v) is 4.43. The minimum Gasteiger partial charge on any atom is -0.311 e. The van der Waals surface area contributed by atoms with Gasteiger partial charge in [0, 0.05) is 11.9 Å². The average Bonchev–Trinajstić information content (AvgIpc) is 2.39. The normalized spacial score (nSPS) is 25.4. The van der Waals surface area contributed by atoms with Gasteiger partial charge < -0.3 is 5.32 Å². The van der Waals surface area contributed by atoms with Gasteiger partial charge >= 0.3 is 0 Å². The Morgan fingerprint density at radius 2 is 2.10 bits per heavy atom. The summed E-state index contributed by atoms with van der Waals surface area (Å²) in [6.45, 7) is 1.98. The van der Waals surface area contributed by atoms with E-state index >= 15 is 0 Å². The lowest BCUT2D eigenvalue weighted by molar-refractivity contribution is 0.278. The third-order valence-electron chi connectivity index (χ3n) is 4.28. The molecule has 1 aromatic heterocycles. The molecule has 0 spiro atoms. The van der Waals surface area contributed by atoms with Crippen molar-refractivity contribution in [2.45, 2.75) is 43.9 Å². The highest BCUT2D eigenvalue weighted by Crippen LogP contribution is 2.36. The van der Waals surface area contributed by atoms with E-state index in [1.807, 2.05) is 32.2 Å². The maximum absolute atomic E-state index is 11.8. The van der Waals surface area contributed by atoms with Crippen LogP contribution in [0.1, 0.15) is 43.1 Å². The van der Waals surface area contributed by atoms with Crippen LogP contribution in [-0.2, 0) is 9.84 Å². The predicted octanol–water partition coefficient (Wildman–Crippen LogP) is 2.25. The van der Waals surface area contributed by atoms with Crippen LogP contribution in [0.25, 0.3) is 0 Å². The number of sulfone groups is 1. The molecule has 0 saturated heterocycles. The zero-order valence-electron chi connectivity index (χ0n) is 12.5. The number of nitrogens with zero attached hydrogens (tertiary/aromatic N) is 1. The van der Waals surface area contributed by atoms with E-state index in [0.29, 0.717) is 5.92 Å². The highest BCUT2D eigenvalue weighted by Gasteiger charge is 2.33. The summed E-state index contributed by atoms with van der Waals surface area (Å²) in [5, 5.41) is 3.14. The maximum atomic E-state index is 11.8. The van der Waals surface area contributed by atoms with E-state index in [1.165, 1.54) is 6.26 Å². The van der Waals surface area contributed by atoms with Crippen molar-refractivity contribution in [3.8, 4) is 0 Å². The molecule has 0 aliphatic heterocycles. The maximum Gasteiger partial charge on any atom is 0.150 e. The molecule has 1 aliphatic rings. The van der Waals surface area contributed by atoms with Crippen LogP contribution in [0.5, 0.6) is 0 Å². The molecule has 0 amide bonds. The van der Waals surface area contributed by atoms with Gasteiger partial charge in [0.2, 0.25) is 0 Å². The van der Waals surface area contributed by atoms with Gasteiger partial charge in [0.05, 0.1) is 17.0 Å². The highest BCUT2D eigenvalue weighted by atomic mass is 32.2. The Labute approximate surface area is 121 Å². The number of hydrogen-bond donors (Lipinski definition) is 1. The number of aromatic nitrogens is 1. The SMILES string of the molecule is CNC(c1cccc(C)n1)C1CCCC(S(C)(=O)=O)C1. The lowest BCUT2D eigenvalue weighted by atomic mass is 9.82. The Balaban J connectivity index is 2.19. The monoisotopic (exact) mass is 296 g/mol. The molecule has 2 rings (SSSR count). The fraction of sp³-hybridized carbons (Fsp3) is 0.667. The number of pyridine rings is 1. The summed E-state index contributed by atoms with van der Waals surface area (Å²) >= 11 is 0. The molecule has 3 unspecified atom stereocenters.